The smallest absolute Gasteiger partial charge is 0.212 e. The Balaban J connectivity index is 1.93. The third kappa shape index (κ3) is 3.60. The summed E-state index contributed by atoms with van der Waals surface area (Å²) in [6.07, 6.45) is 3.40. The van der Waals surface area contributed by atoms with Crippen LogP contribution in [0.1, 0.15) is 0 Å². The first kappa shape index (κ1) is 16.1. The summed E-state index contributed by atoms with van der Waals surface area (Å²) in [5.74, 6) is 1.46. The van der Waals surface area contributed by atoms with E-state index in [1.807, 2.05) is 30.5 Å². The summed E-state index contributed by atoms with van der Waals surface area (Å²) in [5.41, 5.74) is 3.02. The molecule has 0 aliphatic rings. The van der Waals surface area contributed by atoms with E-state index >= 15 is 0 Å². The van der Waals surface area contributed by atoms with E-state index in [0.29, 0.717) is 5.88 Å². The van der Waals surface area contributed by atoms with Gasteiger partial charge in [-0.05, 0) is 37.9 Å². The number of fused-ring (bicyclic) bond motifs is 1. The lowest BCUT2D eigenvalue weighted by molar-refractivity contribution is 0.398. The first-order valence-electron chi connectivity index (χ1n) is 7.81. The number of methoxy groups -OCH3 is 1. The monoisotopic (exact) mass is 323 g/mol. The highest BCUT2D eigenvalue weighted by atomic mass is 16.5. The van der Waals surface area contributed by atoms with Crippen LogP contribution >= 0.6 is 0 Å². The highest BCUT2D eigenvalue weighted by molar-refractivity contribution is 5.92. The number of ether oxygens (including phenoxy) is 1. The van der Waals surface area contributed by atoms with Crippen molar-refractivity contribution < 1.29 is 4.74 Å². The van der Waals surface area contributed by atoms with Crippen LogP contribution < -0.4 is 10.1 Å². The predicted octanol–water partition coefficient (Wildman–Crippen LogP) is 2.67. The number of nitrogens with zero attached hydrogens (tertiary/aromatic N) is 4. The van der Waals surface area contributed by atoms with Gasteiger partial charge in [0, 0.05) is 36.3 Å². The maximum atomic E-state index is 5.11. The number of likely N-dealkylation sites (N-methyl/N-ethyl adjacent to an activating group) is 1. The second kappa shape index (κ2) is 7.23. The fourth-order valence-corrected chi connectivity index (χ4v) is 2.45. The lowest BCUT2D eigenvalue weighted by Gasteiger charge is -2.12. The first-order valence-corrected chi connectivity index (χ1v) is 7.81. The van der Waals surface area contributed by atoms with E-state index in [4.69, 9.17) is 4.74 Å². The normalized spacial score (nSPS) is 11.0. The molecule has 3 aromatic rings. The van der Waals surface area contributed by atoms with Crippen molar-refractivity contribution in [2.75, 3.05) is 39.6 Å². The van der Waals surface area contributed by atoms with Crippen LogP contribution in [0.3, 0.4) is 0 Å². The number of hydrogen-bond acceptors (Lipinski definition) is 6. The standard InChI is InChI=1S/C18H21N5O/c1-23(2)9-8-19-18-15-10-13(4-6-16(15)21-12-22-18)14-5-7-17(24-3)20-11-14/h4-7,10-12H,8-9H2,1-3H3,(H,19,21,22). The summed E-state index contributed by atoms with van der Waals surface area (Å²) in [4.78, 5) is 15.1. The Morgan fingerprint density at radius 1 is 1.04 bits per heavy atom. The largest absolute Gasteiger partial charge is 0.481 e. The van der Waals surface area contributed by atoms with Crippen molar-refractivity contribution in [1.29, 1.82) is 0 Å². The molecule has 0 bridgehead atoms. The molecule has 0 aliphatic carbocycles. The molecule has 3 rings (SSSR count). The van der Waals surface area contributed by atoms with Crippen LogP contribution in [0.15, 0.2) is 42.9 Å². The maximum absolute atomic E-state index is 5.11. The van der Waals surface area contributed by atoms with Gasteiger partial charge in [-0.3, -0.25) is 0 Å². The molecule has 0 spiro atoms. The van der Waals surface area contributed by atoms with Gasteiger partial charge < -0.3 is 15.0 Å². The van der Waals surface area contributed by atoms with Crippen LogP contribution in [0.2, 0.25) is 0 Å². The fourth-order valence-electron chi connectivity index (χ4n) is 2.45. The van der Waals surface area contributed by atoms with Gasteiger partial charge in [-0.1, -0.05) is 6.07 Å². The molecule has 0 radical (unpaired) electrons. The van der Waals surface area contributed by atoms with E-state index in [9.17, 15) is 0 Å². The van der Waals surface area contributed by atoms with Crippen molar-refractivity contribution in [3.05, 3.63) is 42.9 Å². The van der Waals surface area contributed by atoms with Crippen LogP contribution in [0, 0.1) is 0 Å². The summed E-state index contributed by atoms with van der Waals surface area (Å²) >= 11 is 0. The molecule has 0 saturated heterocycles. The highest BCUT2D eigenvalue weighted by Crippen LogP contribution is 2.27. The lowest BCUT2D eigenvalue weighted by Crippen LogP contribution is -2.21. The molecular formula is C18H21N5O. The quantitative estimate of drug-likeness (QED) is 0.752. The Kier molecular flexibility index (Phi) is 4.86. The van der Waals surface area contributed by atoms with Crippen LogP contribution in [-0.2, 0) is 0 Å². The third-order valence-electron chi connectivity index (χ3n) is 3.77. The van der Waals surface area contributed by atoms with E-state index in [-0.39, 0.29) is 0 Å². The van der Waals surface area contributed by atoms with E-state index < -0.39 is 0 Å². The van der Waals surface area contributed by atoms with E-state index in [1.54, 1.807) is 13.4 Å². The Morgan fingerprint density at radius 3 is 2.58 bits per heavy atom. The molecule has 1 N–H and O–H groups in total. The second-order valence-electron chi connectivity index (χ2n) is 5.77. The van der Waals surface area contributed by atoms with E-state index in [0.717, 1.165) is 40.9 Å². The number of rotatable bonds is 6. The minimum atomic E-state index is 0.605. The van der Waals surface area contributed by atoms with E-state index in [2.05, 4.69) is 45.3 Å². The summed E-state index contributed by atoms with van der Waals surface area (Å²) in [6, 6.07) is 10.0. The van der Waals surface area contributed by atoms with Gasteiger partial charge in [0.1, 0.15) is 12.1 Å². The summed E-state index contributed by atoms with van der Waals surface area (Å²) < 4.78 is 5.11. The zero-order chi connectivity index (χ0) is 16.9. The summed E-state index contributed by atoms with van der Waals surface area (Å²) in [5, 5.41) is 4.39. The van der Waals surface area contributed by atoms with Crippen molar-refractivity contribution in [2.45, 2.75) is 0 Å². The number of nitrogens with one attached hydrogen (secondary N) is 1. The molecule has 2 heterocycles. The van der Waals surface area contributed by atoms with Crippen molar-refractivity contribution in [3.63, 3.8) is 0 Å². The van der Waals surface area contributed by atoms with Gasteiger partial charge in [-0.25, -0.2) is 15.0 Å². The van der Waals surface area contributed by atoms with Gasteiger partial charge >= 0.3 is 0 Å². The molecule has 24 heavy (non-hydrogen) atoms. The average molecular weight is 323 g/mol. The number of pyridine rings is 1. The zero-order valence-electron chi connectivity index (χ0n) is 14.2. The van der Waals surface area contributed by atoms with Crippen LogP contribution in [0.4, 0.5) is 5.82 Å². The van der Waals surface area contributed by atoms with Crippen molar-refractivity contribution in [3.8, 4) is 17.0 Å². The van der Waals surface area contributed by atoms with Gasteiger partial charge in [0.25, 0.3) is 0 Å². The topological polar surface area (TPSA) is 63.2 Å². The number of aromatic nitrogens is 3. The van der Waals surface area contributed by atoms with Gasteiger partial charge in [0.15, 0.2) is 0 Å². The Hall–Kier alpha value is -2.73. The van der Waals surface area contributed by atoms with Gasteiger partial charge in [0.2, 0.25) is 5.88 Å². The predicted molar refractivity (Wildman–Crippen MR) is 96.4 cm³/mol. The lowest BCUT2D eigenvalue weighted by atomic mass is 10.1. The van der Waals surface area contributed by atoms with Crippen LogP contribution in [0.25, 0.3) is 22.0 Å². The molecule has 1 aromatic carbocycles. The molecule has 6 heteroatoms. The summed E-state index contributed by atoms with van der Waals surface area (Å²) in [7, 11) is 5.71. The van der Waals surface area contributed by atoms with Gasteiger partial charge in [0.05, 0.1) is 12.6 Å². The summed E-state index contributed by atoms with van der Waals surface area (Å²) in [6.45, 7) is 1.76. The Bertz CT molecular complexity index is 817. The third-order valence-corrected chi connectivity index (χ3v) is 3.77. The average Bonchev–Trinajstić information content (AvgIpc) is 2.61. The molecule has 6 nitrogen and oxygen atoms in total. The van der Waals surface area contributed by atoms with Gasteiger partial charge in [-0.15, -0.1) is 0 Å². The fraction of sp³-hybridized carbons (Fsp3) is 0.278. The number of hydrogen-bond donors (Lipinski definition) is 1. The molecule has 0 amide bonds. The van der Waals surface area contributed by atoms with Gasteiger partial charge in [-0.2, -0.15) is 0 Å². The molecular weight excluding hydrogens is 302 g/mol. The van der Waals surface area contributed by atoms with Crippen molar-refractivity contribution in [2.24, 2.45) is 0 Å². The van der Waals surface area contributed by atoms with Crippen LogP contribution in [0.5, 0.6) is 5.88 Å². The molecule has 124 valence electrons. The number of anilines is 1. The highest BCUT2D eigenvalue weighted by Gasteiger charge is 2.07. The number of benzene rings is 1. The molecule has 2 aromatic heterocycles. The maximum Gasteiger partial charge on any atom is 0.212 e. The minimum Gasteiger partial charge on any atom is -0.481 e. The molecule has 0 saturated carbocycles. The van der Waals surface area contributed by atoms with E-state index in [1.165, 1.54) is 0 Å². The second-order valence-corrected chi connectivity index (χ2v) is 5.77. The van der Waals surface area contributed by atoms with Crippen LogP contribution in [-0.4, -0.2) is 54.1 Å². The SMILES string of the molecule is COc1ccc(-c2ccc3ncnc(NCCN(C)C)c3c2)cn1. The van der Waals surface area contributed by atoms with Crippen molar-refractivity contribution >= 4 is 16.7 Å². The molecule has 0 atom stereocenters. The minimum absolute atomic E-state index is 0.605. The Labute approximate surface area is 141 Å². The zero-order valence-corrected chi connectivity index (χ0v) is 14.2. The molecule has 0 fully saturated rings. The van der Waals surface area contributed by atoms with Crippen molar-refractivity contribution in [1.82, 2.24) is 19.9 Å². The Morgan fingerprint density at radius 2 is 1.88 bits per heavy atom. The molecule has 0 aliphatic heterocycles. The first-order chi connectivity index (χ1) is 11.7. The molecule has 0 unspecified atom stereocenters.